The quantitative estimate of drug-likeness (QED) is 0.0293. The van der Waals surface area contributed by atoms with E-state index in [1.807, 2.05) is 0 Å². The Labute approximate surface area is 488 Å². The number of carboxylic acids is 2. The van der Waals surface area contributed by atoms with Gasteiger partial charge in [0, 0.05) is 43.9 Å². The van der Waals surface area contributed by atoms with Gasteiger partial charge in [0.15, 0.2) is 0 Å². The van der Waals surface area contributed by atoms with Crippen molar-refractivity contribution >= 4 is 152 Å². The van der Waals surface area contributed by atoms with E-state index < -0.39 is 186 Å². The second-order valence-corrected chi connectivity index (χ2v) is 26.2. The number of benzene rings is 8. The molecule has 32 nitrogen and oxygen atoms in total. The minimum atomic E-state index is -5.41. The largest absolute Gasteiger partial charge is 0.478 e. The monoisotopic (exact) mass is 1310 g/mol. The van der Waals surface area contributed by atoms with Gasteiger partial charge in [0.1, 0.15) is 19.6 Å². The van der Waals surface area contributed by atoms with Crippen molar-refractivity contribution in [3.8, 4) is 0 Å². The van der Waals surface area contributed by atoms with Crippen LogP contribution >= 0.6 is 0 Å². The van der Waals surface area contributed by atoms with E-state index in [0.717, 1.165) is 66.7 Å². The van der Waals surface area contributed by atoms with Crippen molar-refractivity contribution < 1.29 is 112 Å². The van der Waals surface area contributed by atoms with Crippen LogP contribution in [0.3, 0.4) is 0 Å². The van der Waals surface area contributed by atoms with E-state index in [1.54, 1.807) is 18.2 Å². The van der Waals surface area contributed by atoms with Gasteiger partial charge in [0.2, 0.25) is 0 Å². The molecule has 3 amide bonds. The third kappa shape index (κ3) is 14.5. The first-order valence-electron chi connectivity index (χ1n) is 23.1. The molecule has 8 aromatic rings. The van der Waals surface area contributed by atoms with Crippen molar-refractivity contribution in [3.05, 3.63) is 161 Å². The molecule has 0 bridgehead atoms. The minimum Gasteiger partial charge on any atom is -0.478 e. The van der Waals surface area contributed by atoms with E-state index in [0.29, 0.717) is 24.3 Å². The Hall–Kier alpha value is -9.71. The molecular weight excluding hydrogens is 1280 g/mol. The molecule has 0 aliphatic heterocycles. The minimum absolute atomic E-state index is 0.239. The first-order chi connectivity index (χ1) is 40.3. The Bertz CT molecular complexity index is 4850. The molecule has 0 saturated carbocycles. The lowest BCUT2D eigenvalue weighted by atomic mass is 10.0. The molecule has 0 saturated heterocycles. The van der Waals surface area contributed by atoms with Crippen LogP contribution in [-0.2, 0) is 60.7 Å². The van der Waals surface area contributed by atoms with Gasteiger partial charge < -0.3 is 26.2 Å². The van der Waals surface area contributed by atoms with E-state index in [9.17, 15) is 112 Å². The van der Waals surface area contributed by atoms with Crippen LogP contribution in [0.1, 0.15) is 51.8 Å². The average Bonchev–Trinajstić information content (AvgIpc) is 0.793. The summed E-state index contributed by atoms with van der Waals surface area (Å²) in [5.41, 5.74) is -5.42. The molecule has 11 N–H and O–H groups in total. The summed E-state index contributed by atoms with van der Waals surface area (Å²) < 4.78 is 206. The van der Waals surface area contributed by atoms with Gasteiger partial charge in [-0.1, -0.05) is 18.2 Å². The van der Waals surface area contributed by atoms with Crippen molar-refractivity contribution in [1.29, 1.82) is 0 Å². The molecule has 0 aromatic heterocycles. The van der Waals surface area contributed by atoms with Crippen LogP contribution in [0, 0.1) is 0 Å². The van der Waals surface area contributed by atoms with Crippen molar-refractivity contribution in [2.75, 3.05) is 16.0 Å². The SMILES string of the molecule is O=C(Nc1ccccc1)c1cc(C(=O)Nc2ccc(N=Nc3cc(S(=O)(=O)O)c4cc(S(=O)(=O)O)cc(S(=O)(=O)O)c4c3)cc2C(=O)O)cc(C(=O)Nc2ccc(N=Nc3cc(S(=O)(=O)O)c4cc(S(=O)(=O)O)cc(S(=O)(=O)O)c4c3)cc2C(=O)O)c1. The molecule has 0 unspecified atom stereocenters. The molecule has 87 heavy (non-hydrogen) atoms. The Morgan fingerprint density at radius 1 is 0.322 bits per heavy atom. The topological polar surface area (TPSA) is 538 Å². The highest BCUT2D eigenvalue weighted by Crippen LogP contribution is 2.39. The van der Waals surface area contributed by atoms with Gasteiger partial charge in [-0.05, 0) is 115 Å². The zero-order valence-corrected chi connectivity index (χ0v) is 47.4. The molecule has 0 spiro atoms. The van der Waals surface area contributed by atoms with Crippen LogP contribution in [-0.4, -0.2) is 118 Å². The number of aromatic carboxylic acids is 2. The molecular formula is C49H33N7O25S6. The van der Waals surface area contributed by atoms with Gasteiger partial charge in [-0.2, -0.15) is 71.0 Å². The fraction of sp³-hybridized carbons (Fsp3) is 0. The van der Waals surface area contributed by atoms with Crippen LogP contribution < -0.4 is 16.0 Å². The number of rotatable bonds is 18. The summed E-state index contributed by atoms with van der Waals surface area (Å²) in [6.45, 7) is 0. The van der Waals surface area contributed by atoms with E-state index in [2.05, 4.69) is 36.4 Å². The number of carbonyl (C=O) groups excluding carboxylic acids is 3. The molecule has 0 aliphatic rings. The van der Waals surface area contributed by atoms with E-state index in [1.165, 1.54) is 12.1 Å². The maximum absolute atomic E-state index is 14.0. The fourth-order valence-electron chi connectivity index (χ4n) is 8.10. The second kappa shape index (κ2) is 23.3. The number of para-hydroxylation sites is 1. The number of fused-ring (bicyclic) bond motifs is 2. The van der Waals surface area contributed by atoms with E-state index >= 15 is 0 Å². The lowest BCUT2D eigenvalue weighted by Gasteiger charge is -2.13. The van der Waals surface area contributed by atoms with E-state index in [4.69, 9.17) is 0 Å². The molecule has 8 rings (SSSR count). The first-order valence-corrected chi connectivity index (χ1v) is 31.7. The van der Waals surface area contributed by atoms with Gasteiger partial charge >= 0.3 is 11.9 Å². The second-order valence-electron chi connectivity index (χ2n) is 17.8. The number of hydrogen-bond acceptors (Lipinski definition) is 21. The standard InChI is InChI=1S/C49H33N7O25S6/c57-45(50-26-4-2-1-3-5-26)23-10-24(46(58)51-39-8-6-27(13-37(39)48(60)61)53-55-29-15-33-35(41(17-29)84(70,71)72)19-31(82(64,65)66)21-43(33)86(76,77)78)12-25(11-23)47(59)52-40-9-7-28(14-38(40)49(62)63)54-56-30-16-34-36(42(18-30)85(73,74)75)20-32(83(67,68)69)22-44(34)87(79,80)81/h1-22H,(H,50,57)(H,51,58)(H,52,59)(H,60,61)(H,62,63)(H,64,65,66)(H,67,68,69)(H,70,71,72)(H,73,74,75)(H,76,77,78)(H,79,80,81). The van der Waals surface area contributed by atoms with Crippen LogP contribution in [0.2, 0.25) is 0 Å². The number of hydrogen-bond donors (Lipinski definition) is 11. The number of azo groups is 2. The summed E-state index contributed by atoms with van der Waals surface area (Å²) in [7, 11) is -32.1. The highest BCUT2D eigenvalue weighted by atomic mass is 32.2. The van der Waals surface area contributed by atoms with E-state index in [-0.39, 0.29) is 34.8 Å². The Morgan fingerprint density at radius 3 is 0.954 bits per heavy atom. The Balaban J connectivity index is 1.11. The molecule has 38 heteroatoms. The average molecular weight is 1310 g/mol. The lowest BCUT2D eigenvalue weighted by molar-refractivity contribution is 0.0687. The number of amides is 3. The maximum Gasteiger partial charge on any atom is 0.337 e. The number of carboxylic acid groups (broad SMARTS) is 2. The van der Waals surface area contributed by atoms with Crippen molar-refractivity contribution in [2.45, 2.75) is 29.4 Å². The third-order valence-electron chi connectivity index (χ3n) is 11.9. The van der Waals surface area contributed by atoms with Gasteiger partial charge in [-0.15, -0.1) is 0 Å². The number of nitrogens with one attached hydrogen (secondary N) is 3. The molecule has 8 aromatic carbocycles. The molecule has 0 aliphatic carbocycles. The highest BCUT2D eigenvalue weighted by molar-refractivity contribution is 7.88. The van der Waals surface area contributed by atoms with Gasteiger partial charge in [0.05, 0.1) is 55.0 Å². The molecule has 0 atom stereocenters. The van der Waals surface area contributed by atoms with Gasteiger partial charge in [-0.25, -0.2) is 9.59 Å². The predicted octanol–water partition coefficient (Wildman–Crippen LogP) is 7.46. The summed E-state index contributed by atoms with van der Waals surface area (Å²) in [6, 6.07) is 20.5. The predicted molar refractivity (Wildman–Crippen MR) is 299 cm³/mol. The van der Waals surface area contributed by atoms with Crippen molar-refractivity contribution in [2.24, 2.45) is 20.5 Å². The lowest BCUT2D eigenvalue weighted by Crippen LogP contribution is -2.20. The number of nitrogens with zero attached hydrogens (tertiary/aromatic N) is 4. The Kier molecular flexibility index (Phi) is 16.9. The zero-order chi connectivity index (χ0) is 64.1. The maximum atomic E-state index is 14.0. The van der Waals surface area contributed by atoms with Crippen LogP contribution in [0.5, 0.6) is 0 Å². The molecule has 0 fully saturated rings. The number of carbonyl (C=O) groups is 5. The smallest absolute Gasteiger partial charge is 0.337 e. The summed E-state index contributed by atoms with van der Waals surface area (Å²) >= 11 is 0. The normalized spacial score (nSPS) is 12.6. The number of anilines is 3. The first kappa shape index (κ1) is 63.3. The highest BCUT2D eigenvalue weighted by Gasteiger charge is 2.29. The van der Waals surface area contributed by atoms with Crippen LogP contribution in [0.25, 0.3) is 21.5 Å². The summed E-state index contributed by atoms with van der Waals surface area (Å²) in [5, 5.41) is 39.6. The third-order valence-corrected chi connectivity index (χ3v) is 17.1. The Morgan fingerprint density at radius 2 is 0.632 bits per heavy atom. The summed E-state index contributed by atoms with van der Waals surface area (Å²) in [4.78, 5) is 59.6. The van der Waals surface area contributed by atoms with Gasteiger partial charge in [0.25, 0.3) is 78.4 Å². The fourth-order valence-corrected chi connectivity index (χ4v) is 12.2. The van der Waals surface area contributed by atoms with Crippen LogP contribution in [0.15, 0.2) is 183 Å². The van der Waals surface area contributed by atoms with Crippen LogP contribution in [0.4, 0.5) is 39.8 Å². The van der Waals surface area contributed by atoms with Crippen molar-refractivity contribution in [3.63, 3.8) is 0 Å². The zero-order valence-electron chi connectivity index (χ0n) is 42.5. The molecule has 450 valence electrons. The van der Waals surface area contributed by atoms with Gasteiger partial charge in [-0.3, -0.25) is 41.7 Å². The molecule has 0 radical (unpaired) electrons. The summed E-state index contributed by atoms with van der Waals surface area (Å²) in [5.74, 6) is -6.71. The molecule has 0 heterocycles. The summed E-state index contributed by atoms with van der Waals surface area (Å²) in [6.07, 6.45) is 0. The van der Waals surface area contributed by atoms with Crippen molar-refractivity contribution in [1.82, 2.24) is 0 Å².